The summed E-state index contributed by atoms with van der Waals surface area (Å²) in [5.74, 6) is -1.61. The highest BCUT2D eigenvalue weighted by Crippen LogP contribution is 2.48. The summed E-state index contributed by atoms with van der Waals surface area (Å²) in [6.45, 7) is 21.6. The fraction of sp³-hybridized carbons (Fsp3) is 0.323. The quantitative estimate of drug-likeness (QED) is 0.0932. The molecule has 16 nitrogen and oxygen atoms in total. The predicted octanol–water partition coefficient (Wildman–Crippen LogP) is 14.4. The van der Waals surface area contributed by atoms with Crippen LogP contribution in [0, 0.1) is 0 Å². The van der Waals surface area contributed by atoms with Gasteiger partial charge in [-0.05, 0) is 153 Å². The number of imide groups is 2. The van der Waals surface area contributed by atoms with E-state index in [2.05, 4.69) is 0 Å². The number of halogens is 2. The second-order valence-corrected chi connectivity index (χ2v) is 22.8. The van der Waals surface area contributed by atoms with E-state index in [4.69, 9.17) is 42.1 Å². The number of hydrogen-bond donors (Lipinski definition) is 0. The molecule has 2 aliphatic heterocycles. The molecule has 0 bridgehead atoms. The third-order valence-electron chi connectivity index (χ3n) is 14.7. The maximum atomic E-state index is 14.1. The van der Waals surface area contributed by atoms with Gasteiger partial charge in [0.1, 0.15) is 22.4 Å². The summed E-state index contributed by atoms with van der Waals surface area (Å²) in [5, 5.41) is 1.80. The van der Waals surface area contributed by atoms with Crippen LogP contribution in [0.25, 0.3) is 55.0 Å². The molecule has 80 heavy (non-hydrogen) atoms. The number of pyridine rings is 2. The van der Waals surface area contributed by atoms with Gasteiger partial charge in [0.05, 0.1) is 44.6 Å². The fourth-order valence-electron chi connectivity index (χ4n) is 8.81. The SMILES string of the molecule is CCC(C)(C)OC(=O)N1C(=O)C2=C(c3ccc(Cl)cc3)N(C(=O)OC(C)(C)CC)C(=O)C2=C1c1ccc(Cl)cc1.CCC(C)(C)OC(=O)n1c2ccccc2c(=O)c2cc3c(cc21)c(=O)c1ccccc1n3C(=O)OC(C)(C)CC. The standard InChI is InChI=1S/C32H32N2O6.C30H30Cl2N2O6/c1-7-31(3,4)39-29(37)33-23-15-11-9-13-19(23)27(35)21-18-26-22(17-25(21)33)28(36)20-14-10-12-16-24(20)34(26)30(38)40-32(5,6)8-2;1-7-29(3,4)39-27(37)33-23(17-9-13-19(31)14-10-17)21-22(25(33)35)24(18-11-15-20(32)16-12-18)34(26(21)36)28(38)40-30(5,6)8-2/h9-18H,7-8H2,1-6H3;9-16H,7-8H2,1-6H3. The van der Waals surface area contributed by atoms with Crippen LogP contribution in [0.15, 0.2) is 130 Å². The second kappa shape index (κ2) is 21.9. The first-order chi connectivity index (χ1) is 37.6. The van der Waals surface area contributed by atoms with E-state index >= 15 is 0 Å². The van der Waals surface area contributed by atoms with Crippen LogP contribution in [-0.4, -0.2) is 77.5 Å². The first-order valence-corrected chi connectivity index (χ1v) is 27.0. The van der Waals surface area contributed by atoms with E-state index in [9.17, 15) is 38.4 Å². The molecule has 0 spiro atoms. The van der Waals surface area contributed by atoms with E-state index in [0.717, 1.165) is 9.80 Å². The molecule has 0 saturated carbocycles. The van der Waals surface area contributed by atoms with Crippen LogP contribution in [0.3, 0.4) is 0 Å². The minimum absolute atomic E-state index is 0.00455. The molecule has 0 radical (unpaired) electrons. The lowest BCUT2D eigenvalue weighted by molar-refractivity contribution is -0.124. The highest BCUT2D eigenvalue weighted by atomic mass is 35.5. The molecule has 0 N–H and O–H groups in total. The first-order valence-electron chi connectivity index (χ1n) is 26.3. The molecular formula is C62H62Cl2N4O12. The first kappa shape index (κ1) is 58.1. The number of fused-ring (bicyclic) bond motifs is 5. The average Bonchev–Trinajstić information content (AvgIpc) is 3.72. The van der Waals surface area contributed by atoms with Gasteiger partial charge in [-0.2, -0.15) is 0 Å². The van der Waals surface area contributed by atoms with Crippen LogP contribution < -0.4 is 10.9 Å². The Labute approximate surface area is 472 Å². The molecule has 0 saturated heterocycles. The number of aromatic nitrogens is 2. The molecule has 2 aromatic heterocycles. The summed E-state index contributed by atoms with van der Waals surface area (Å²) in [5.41, 5.74) is -2.31. The predicted molar refractivity (Wildman–Crippen MR) is 310 cm³/mol. The Morgan fingerprint density at radius 3 is 0.988 bits per heavy atom. The van der Waals surface area contributed by atoms with Gasteiger partial charge in [0.15, 0.2) is 10.9 Å². The third-order valence-corrected chi connectivity index (χ3v) is 15.2. The van der Waals surface area contributed by atoms with Gasteiger partial charge in [0, 0.05) is 31.6 Å². The zero-order valence-corrected chi connectivity index (χ0v) is 48.2. The summed E-state index contributed by atoms with van der Waals surface area (Å²) >= 11 is 12.2. The number of carbonyl (C=O) groups is 6. The lowest BCUT2D eigenvalue weighted by Gasteiger charge is -2.29. The molecule has 7 aromatic rings. The summed E-state index contributed by atoms with van der Waals surface area (Å²) < 4.78 is 25.7. The smallest absolute Gasteiger partial charge is 0.422 e. The van der Waals surface area contributed by atoms with Crippen molar-refractivity contribution in [3.8, 4) is 0 Å². The van der Waals surface area contributed by atoms with Crippen molar-refractivity contribution in [2.45, 2.75) is 131 Å². The molecule has 5 aromatic carbocycles. The summed E-state index contributed by atoms with van der Waals surface area (Å²) in [6, 6.07) is 29.2. The van der Waals surface area contributed by atoms with Gasteiger partial charge in [-0.1, -0.05) is 99.4 Å². The second-order valence-electron chi connectivity index (χ2n) is 21.9. The Balaban J connectivity index is 0.000000210. The number of ether oxygens (including phenoxy) is 4. The minimum atomic E-state index is -0.944. The van der Waals surface area contributed by atoms with Gasteiger partial charge in [0.2, 0.25) is 0 Å². The highest BCUT2D eigenvalue weighted by Gasteiger charge is 2.54. The van der Waals surface area contributed by atoms with E-state index in [1.165, 1.54) is 21.3 Å². The topological polar surface area (TPSA) is 190 Å². The Bertz CT molecular complexity index is 3670. The van der Waals surface area contributed by atoms with Crippen molar-refractivity contribution in [2.75, 3.05) is 0 Å². The largest absolute Gasteiger partial charge is 0.443 e. The number of rotatable bonds is 10. The van der Waals surface area contributed by atoms with Crippen molar-refractivity contribution in [1.29, 1.82) is 0 Å². The number of nitrogens with zero attached hydrogens (tertiary/aromatic N) is 4. The number of benzene rings is 5. The van der Waals surface area contributed by atoms with Crippen LogP contribution in [-0.2, 0) is 28.5 Å². The summed E-state index contributed by atoms with van der Waals surface area (Å²) in [6.07, 6.45) is -1.11. The molecule has 416 valence electrons. The number of amides is 4. The molecular weight excluding hydrogens is 1060 g/mol. The zero-order chi connectivity index (χ0) is 58.6. The van der Waals surface area contributed by atoms with Crippen LogP contribution in [0.2, 0.25) is 10.0 Å². The van der Waals surface area contributed by atoms with Crippen LogP contribution in [0.5, 0.6) is 0 Å². The van der Waals surface area contributed by atoms with E-state index in [-0.39, 0.29) is 55.2 Å². The average molecular weight is 1130 g/mol. The van der Waals surface area contributed by atoms with Crippen LogP contribution in [0.1, 0.15) is 120 Å². The summed E-state index contributed by atoms with van der Waals surface area (Å²) in [7, 11) is 0. The molecule has 0 aliphatic carbocycles. The van der Waals surface area contributed by atoms with Gasteiger partial charge in [-0.3, -0.25) is 19.2 Å². The molecule has 9 rings (SSSR count). The van der Waals surface area contributed by atoms with Crippen LogP contribution >= 0.6 is 23.2 Å². The third kappa shape index (κ3) is 11.0. The van der Waals surface area contributed by atoms with E-state index in [1.54, 1.807) is 152 Å². The van der Waals surface area contributed by atoms with Gasteiger partial charge in [-0.15, -0.1) is 0 Å². The molecule has 0 unspecified atom stereocenters. The van der Waals surface area contributed by atoms with E-state index in [0.29, 0.717) is 68.7 Å². The van der Waals surface area contributed by atoms with E-state index in [1.807, 2.05) is 27.7 Å². The molecule has 2 aliphatic rings. The minimum Gasteiger partial charge on any atom is -0.443 e. The van der Waals surface area contributed by atoms with Crippen molar-refractivity contribution < 1.29 is 47.7 Å². The van der Waals surface area contributed by atoms with Gasteiger partial charge in [0.25, 0.3) is 11.8 Å². The van der Waals surface area contributed by atoms with Crippen molar-refractivity contribution in [3.05, 3.63) is 162 Å². The lowest BCUT2D eigenvalue weighted by atomic mass is 10.0. The maximum Gasteiger partial charge on any atom is 0.422 e. The molecule has 0 atom stereocenters. The molecule has 0 fully saturated rings. The Kier molecular flexibility index (Phi) is 15.9. The molecule has 4 heterocycles. The van der Waals surface area contributed by atoms with Crippen LogP contribution in [0.4, 0.5) is 19.2 Å². The van der Waals surface area contributed by atoms with Crippen molar-refractivity contribution >= 4 is 114 Å². The highest BCUT2D eigenvalue weighted by molar-refractivity contribution is 6.36. The van der Waals surface area contributed by atoms with Crippen molar-refractivity contribution in [1.82, 2.24) is 18.9 Å². The van der Waals surface area contributed by atoms with Crippen molar-refractivity contribution in [3.63, 3.8) is 0 Å². The molecule has 18 heteroatoms. The zero-order valence-electron chi connectivity index (χ0n) is 46.7. The maximum absolute atomic E-state index is 14.1. The number of para-hydroxylation sites is 2. The number of carbonyl (C=O) groups excluding carboxylic acids is 6. The monoisotopic (exact) mass is 1120 g/mol. The van der Waals surface area contributed by atoms with Gasteiger partial charge >= 0.3 is 24.4 Å². The van der Waals surface area contributed by atoms with E-state index < -0.39 is 58.6 Å². The van der Waals surface area contributed by atoms with Gasteiger partial charge < -0.3 is 18.9 Å². The number of hydrogen-bond acceptors (Lipinski definition) is 12. The Morgan fingerprint density at radius 1 is 0.400 bits per heavy atom. The lowest BCUT2D eigenvalue weighted by Crippen LogP contribution is -2.41. The molecule has 4 amide bonds. The normalized spacial score (nSPS) is 14.0. The van der Waals surface area contributed by atoms with Crippen molar-refractivity contribution in [2.24, 2.45) is 0 Å². The Morgan fingerprint density at radius 2 is 0.688 bits per heavy atom. The van der Waals surface area contributed by atoms with Gasteiger partial charge in [-0.25, -0.2) is 38.1 Å². The Hall–Kier alpha value is -8.08. The summed E-state index contributed by atoms with van der Waals surface area (Å²) in [4.78, 5) is 112. The fourth-order valence-corrected chi connectivity index (χ4v) is 9.06.